The van der Waals surface area contributed by atoms with Gasteiger partial charge in [-0.3, -0.25) is 9.69 Å². The Morgan fingerprint density at radius 1 is 1.50 bits per heavy atom. The summed E-state index contributed by atoms with van der Waals surface area (Å²) in [6.45, 7) is 12.3. The highest BCUT2D eigenvalue weighted by atomic mass is 16.5. The predicted molar refractivity (Wildman–Crippen MR) is 70.6 cm³/mol. The standard InChI is InChI=1S/C13H26N2O3/c1-5-14-11(12(16)17-6-2)9-15-7-8-18-13(3,4)10-15/h11,14H,5-10H2,1-4H3. The zero-order chi connectivity index (χ0) is 13.6. The molecule has 0 bridgehead atoms. The van der Waals surface area contributed by atoms with Crippen LogP contribution in [0.4, 0.5) is 0 Å². The predicted octanol–water partition coefficient (Wildman–Crippen LogP) is 0.638. The molecule has 1 fully saturated rings. The molecule has 1 saturated heterocycles. The smallest absolute Gasteiger partial charge is 0.324 e. The molecule has 1 heterocycles. The maximum absolute atomic E-state index is 11.8. The highest BCUT2D eigenvalue weighted by molar-refractivity contribution is 5.76. The van der Waals surface area contributed by atoms with Crippen molar-refractivity contribution in [2.24, 2.45) is 0 Å². The maximum atomic E-state index is 11.8. The first-order chi connectivity index (χ1) is 8.48. The Bertz CT molecular complexity index is 269. The number of morpholine rings is 1. The van der Waals surface area contributed by atoms with E-state index in [0.29, 0.717) is 19.8 Å². The van der Waals surface area contributed by atoms with Crippen LogP contribution in [0.25, 0.3) is 0 Å². The third kappa shape index (κ3) is 4.92. The van der Waals surface area contributed by atoms with Crippen LogP contribution in [0.3, 0.4) is 0 Å². The summed E-state index contributed by atoms with van der Waals surface area (Å²) in [7, 11) is 0. The van der Waals surface area contributed by atoms with Crippen LogP contribution in [0.1, 0.15) is 27.7 Å². The molecule has 1 aliphatic heterocycles. The minimum Gasteiger partial charge on any atom is -0.465 e. The molecule has 106 valence electrons. The van der Waals surface area contributed by atoms with Gasteiger partial charge in [0.25, 0.3) is 0 Å². The first-order valence-corrected chi connectivity index (χ1v) is 6.75. The van der Waals surface area contributed by atoms with Gasteiger partial charge in [0.2, 0.25) is 0 Å². The van der Waals surface area contributed by atoms with Crippen molar-refractivity contribution in [2.75, 3.05) is 39.4 Å². The number of esters is 1. The van der Waals surface area contributed by atoms with E-state index < -0.39 is 0 Å². The summed E-state index contributed by atoms with van der Waals surface area (Å²) in [4.78, 5) is 14.1. The van der Waals surface area contributed by atoms with Gasteiger partial charge in [-0.2, -0.15) is 0 Å². The third-order valence-corrected chi connectivity index (χ3v) is 2.97. The molecule has 1 N–H and O–H groups in total. The summed E-state index contributed by atoms with van der Waals surface area (Å²) in [5.74, 6) is -0.163. The van der Waals surface area contributed by atoms with Gasteiger partial charge < -0.3 is 14.8 Å². The molecule has 1 rings (SSSR count). The van der Waals surface area contributed by atoms with Crippen molar-refractivity contribution in [3.05, 3.63) is 0 Å². The van der Waals surface area contributed by atoms with E-state index in [4.69, 9.17) is 9.47 Å². The summed E-state index contributed by atoms with van der Waals surface area (Å²) in [6, 6.07) is -0.246. The summed E-state index contributed by atoms with van der Waals surface area (Å²) in [6.07, 6.45) is 0. The normalized spacial score (nSPS) is 21.6. The molecule has 1 unspecified atom stereocenters. The highest BCUT2D eigenvalue weighted by Crippen LogP contribution is 2.16. The fourth-order valence-electron chi connectivity index (χ4n) is 2.24. The average molecular weight is 258 g/mol. The van der Waals surface area contributed by atoms with Crippen LogP contribution in [0.5, 0.6) is 0 Å². The van der Waals surface area contributed by atoms with E-state index in [1.807, 2.05) is 13.8 Å². The maximum Gasteiger partial charge on any atom is 0.324 e. The van der Waals surface area contributed by atoms with Crippen molar-refractivity contribution in [3.63, 3.8) is 0 Å². The molecular weight excluding hydrogens is 232 g/mol. The van der Waals surface area contributed by atoms with Gasteiger partial charge in [0.1, 0.15) is 6.04 Å². The molecular formula is C13H26N2O3. The molecule has 1 atom stereocenters. The molecule has 0 radical (unpaired) electrons. The first kappa shape index (κ1) is 15.4. The number of hydrogen-bond donors (Lipinski definition) is 1. The third-order valence-electron chi connectivity index (χ3n) is 2.97. The van der Waals surface area contributed by atoms with E-state index in [0.717, 1.165) is 19.6 Å². The number of carbonyl (C=O) groups excluding carboxylic acids is 1. The van der Waals surface area contributed by atoms with E-state index >= 15 is 0 Å². The van der Waals surface area contributed by atoms with Gasteiger partial charge in [0.05, 0.1) is 18.8 Å². The van der Waals surface area contributed by atoms with Crippen LogP contribution in [-0.4, -0.2) is 61.9 Å². The van der Waals surface area contributed by atoms with Crippen LogP contribution in [-0.2, 0) is 14.3 Å². The van der Waals surface area contributed by atoms with Gasteiger partial charge in [-0.1, -0.05) is 6.92 Å². The highest BCUT2D eigenvalue weighted by Gasteiger charge is 2.30. The number of rotatable bonds is 6. The van der Waals surface area contributed by atoms with Gasteiger partial charge in [0, 0.05) is 19.6 Å². The quantitative estimate of drug-likeness (QED) is 0.709. The first-order valence-electron chi connectivity index (χ1n) is 6.75. The number of ether oxygens (including phenoxy) is 2. The minimum atomic E-state index is -0.246. The van der Waals surface area contributed by atoms with E-state index in [9.17, 15) is 4.79 Å². The second kappa shape index (κ2) is 7.07. The molecule has 0 aromatic carbocycles. The molecule has 1 aliphatic rings. The molecule has 18 heavy (non-hydrogen) atoms. The zero-order valence-electron chi connectivity index (χ0n) is 12.0. The van der Waals surface area contributed by atoms with Crippen molar-refractivity contribution in [1.29, 1.82) is 0 Å². The van der Waals surface area contributed by atoms with Gasteiger partial charge >= 0.3 is 5.97 Å². The van der Waals surface area contributed by atoms with Crippen LogP contribution in [0, 0.1) is 0 Å². The van der Waals surface area contributed by atoms with Crippen LogP contribution in [0.2, 0.25) is 0 Å². The summed E-state index contributed by atoms with van der Waals surface area (Å²) in [5, 5.41) is 3.18. The molecule has 0 aromatic heterocycles. The monoisotopic (exact) mass is 258 g/mol. The lowest BCUT2D eigenvalue weighted by molar-refractivity contribution is -0.147. The van der Waals surface area contributed by atoms with E-state index in [-0.39, 0.29) is 17.6 Å². The lowest BCUT2D eigenvalue weighted by atomic mass is 10.1. The lowest BCUT2D eigenvalue weighted by Crippen LogP contribution is -2.54. The largest absolute Gasteiger partial charge is 0.465 e. The molecule has 0 saturated carbocycles. The Morgan fingerprint density at radius 2 is 2.22 bits per heavy atom. The number of hydrogen-bond acceptors (Lipinski definition) is 5. The summed E-state index contributed by atoms with van der Waals surface area (Å²) in [5.41, 5.74) is -0.135. The van der Waals surface area contributed by atoms with Crippen molar-refractivity contribution >= 4 is 5.97 Å². The topological polar surface area (TPSA) is 50.8 Å². The summed E-state index contributed by atoms with van der Waals surface area (Å²) < 4.78 is 10.8. The number of nitrogens with zero attached hydrogens (tertiary/aromatic N) is 1. The van der Waals surface area contributed by atoms with Crippen LogP contribution < -0.4 is 5.32 Å². The number of likely N-dealkylation sites (N-methyl/N-ethyl adjacent to an activating group) is 1. The van der Waals surface area contributed by atoms with E-state index in [1.165, 1.54) is 0 Å². The SMILES string of the molecule is CCNC(CN1CCOC(C)(C)C1)C(=O)OCC. The molecule has 0 amide bonds. The average Bonchev–Trinajstić information content (AvgIpc) is 2.27. The zero-order valence-corrected chi connectivity index (χ0v) is 12.0. The van der Waals surface area contributed by atoms with Crippen molar-refractivity contribution < 1.29 is 14.3 Å². The molecule has 5 heteroatoms. The Balaban J connectivity index is 2.52. The second-order valence-electron chi connectivity index (χ2n) is 5.21. The van der Waals surface area contributed by atoms with Gasteiger partial charge in [-0.15, -0.1) is 0 Å². The Labute approximate surface area is 110 Å². The lowest BCUT2D eigenvalue weighted by Gasteiger charge is -2.39. The van der Waals surface area contributed by atoms with Crippen molar-refractivity contribution in [2.45, 2.75) is 39.3 Å². The molecule has 5 nitrogen and oxygen atoms in total. The van der Waals surface area contributed by atoms with Crippen LogP contribution >= 0.6 is 0 Å². The Morgan fingerprint density at radius 3 is 2.78 bits per heavy atom. The number of carbonyl (C=O) groups is 1. The van der Waals surface area contributed by atoms with E-state index in [1.54, 1.807) is 0 Å². The van der Waals surface area contributed by atoms with Gasteiger partial charge in [-0.05, 0) is 27.3 Å². The minimum absolute atomic E-state index is 0.135. The molecule has 0 aliphatic carbocycles. The molecule has 0 aromatic rings. The Hall–Kier alpha value is -0.650. The van der Waals surface area contributed by atoms with Crippen molar-refractivity contribution in [1.82, 2.24) is 10.2 Å². The molecule has 0 spiro atoms. The second-order valence-corrected chi connectivity index (χ2v) is 5.21. The summed E-state index contributed by atoms with van der Waals surface area (Å²) >= 11 is 0. The van der Waals surface area contributed by atoms with Crippen LogP contribution in [0.15, 0.2) is 0 Å². The fraction of sp³-hybridized carbons (Fsp3) is 0.923. The van der Waals surface area contributed by atoms with Gasteiger partial charge in [-0.25, -0.2) is 0 Å². The fourth-order valence-corrected chi connectivity index (χ4v) is 2.24. The van der Waals surface area contributed by atoms with E-state index in [2.05, 4.69) is 24.1 Å². The number of nitrogens with one attached hydrogen (secondary N) is 1. The van der Waals surface area contributed by atoms with Crippen molar-refractivity contribution in [3.8, 4) is 0 Å². The Kier molecular flexibility index (Phi) is 6.05. The van der Waals surface area contributed by atoms with Gasteiger partial charge in [0.15, 0.2) is 0 Å².